The van der Waals surface area contributed by atoms with Crippen molar-refractivity contribution in [3.05, 3.63) is 57.6 Å². The molecule has 0 saturated carbocycles. The molecule has 1 aromatic heterocycles. The topological polar surface area (TPSA) is 46.0 Å². The van der Waals surface area contributed by atoms with Gasteiger partial charge in [-0.05, 0) is 24.6 Å². The van der Waals surface area contributed by atoms with Crippen LogP contribution in [-0.4, -0.2) is 15.1 Å². The van der Waals surface area contributed by atoms with E-state index in [1.807, 2.05) is 6.92 Å². The summed E-state index contributed by atoms with van der Waals surface area (Å²) in [5.41, 5.74) is 1.92. The quantitative estimate of drug-likeness (QED) is 0.910. The summed E-state index contributed by atoms with van der Waals surface area (Å²) in [7, 11) is 0. The van der Waals surface area contributed by atoms with Crippen molar-refractivity contribution in [3.8, 4) is 0 Å². The van der Waals surface area contributed by atoms with Crippen molar-refractivity contribution in [2.24, 2.45) is 0 Å². The second-order valence-electron chi connectivity index (χ2n) is 3.66. The van der Waals surface area contributed by atoms with Crippen LogP contribution < -0.4 is 0 Å². The number of aliphatic hydroxyl groups excluding tert-OH is 1. The molecule has 3 nitrogen and oxygen atoms in total. The molecule has 1 N–H and O–H groups in total. The summed E-state index contributed by atoms with van der Waals surface area (Å²) in [6.07, 6.45) is 2.30. The van der Waals surface area contributed by atoms with E-state index in [0.717, 1.165) is 5.69 Å². The van der Waals surface area contributed by atoms with Gasteiger partial charge in [-0.25, -0.2) is 0 Å². The van der Waals surface area contributed by atoms with Crippen LogP contribution in [0.25, 0.3) is 0 Å². The van der Waals surface area contributed by atoms with E-state index in [0.29, 0.717) is 21.3 Å². The molecule has 0 fully saturated rings. The zero-order valence-corrected chi connectivity index (χ0v) is 10.6. The van der Waals surface area contributed by atoms with Gasteiger partial charge in [-0.3, -0.25) is 9.97 Å². The lowest BCUT2D eigenvalue weighted by molar-refractivity contribution is 0.215. The van der Waals surface area contributed by atoms with Crippen LogP contribution in [0, 0.1) is 6.92 Å². The summed E-state index contributed by atoms with van der Waals surface area (Å²) in [6, 6.07) is 4.97. The summed E-state index contributed by atoms with van der Waals surface area (Å²) < 4.78 is 0. The lowest BCUT2D eigenvalue weighted by Crippen LogP contribution is -2.03. The number of aromatic nitrogens is 2. The molecule has 0 aliphatic carbocycles. The first kappa shape index (κ1) is 12.3. The molecule has 17 heavy (non-hydrogen) atoms. The van der Waals surface area contributed by atoms with E-state index in [-0.39, 0.29) is 0 Å². The van der Waals surface area contributed by atoms with Gasteiger partial charge >= 0.3 is 0 Å². The van der Waals surface area contributed by atoms with E-state index < -0.39 is 6.10 Å². The molecule has 2 rings (SSSR count). The van der Waals surface area contributed by atoms with Gasteiger partial charge in [-0.1, -0.05) is 29.3 Å². The van der Waals surface area contributed by atoms with Gasteiger partial charge in [0.05, 0.1) is 27.6 Å². The number of nitrogens with zero attached hydrogens (tertiary/aromatic N) is 2. The fraction of sp³-hybridized carbons (Fsp3) is 0.167. The van der Waals surface area contributed by atoms with Crippen LogP contribution in [0.3, 0.4) is 0 Å². The molecular formula is C12H10Cl2N2O. The zero-order chi connectivity index (χ0) is 12.4. The number of rotatable bonds is 2. The lowest BCUT2D eigenvalue weighted by atomic mass is 10.1. The Kier molecular flexibility index (Phi) is 3.62. The van der Waals surface area contributed by atoms with Crippen molar-refractivity contribution in [3.63, 3.8) is 0 Å². The highest BCUT2D eigenvalue weighted by molar-refractivity contribution is 6.42. The molecule has 0 spiro atoms. The van der Waals surface area contributed by atoms with Crippen LogP contribution in [0.2, 0.25) is 10.0 Å². The summed E-state index contributed by atoms with van der Waals surface area (Å²) in [5, 5.41) is 11.0. The molecule has 1 atom stereocenters. The predicted octanol–water partition coefficient (Wildman–Crippen LogP) is 3.17. The normalized spacial score (nSPS) is 12.5. The maximum absolute atomic E-state index is 10.1. The maximum atomic E-state index is 10.1. The van der Waals surface area contributed by atoms with Gasteiger partial charge in [-0.15, -0.1) is 0 Å². The minimum absolute atomic E-state index is 0.406. The van der Waals surface area contributed by atoms with E-state index in [1.54, 1.807) is 30.6 Å². The summed E-state index contributed by atoms with van der Waals surface area (Å²) in [4.78, 5) is 8.20. The van der Waals surface area contributed by atoms with Crippen molar-refractivity contribution >= 4 is 23.2 Å². The number of benzene rings is 1. The molecule has 5 heteroatoms. The molecule has 1 heterocycles. The molecule has 0 aliphatic heterocycles. The van der Waals surface area contributed by atoms with Crippen molar-refractivity contribution in [1.29, 1.82) is 0 Å². The number of aryl methyl sites for hydroxylation is 1. The zero-order valence-electron chi connectivity index (χ0n) is 9.06. The average molecular weight is 269 g/mol. The van der Waals surface area contributed by atoms with Crippen molar-refractivity contribution in [1.82, 2.24) is 9.97 Å². The molecule has 0 amide bonds. The molecule has 1 unspecified atom stereocenters. The molecule has 2 aromatic rings. The Morgan fingerprint density at radius 2 is 1.88 bits per heavy atom. The Morgan fingerprint density at radius 3 is 2.47 bits per heavy atom. The highest BCUT2D eigenvalue weighted by atomic mass is 35.5. The lowest BCUT2D eigenvalue weighted by Gasteiger charge is -2.11. The van der Waals surface area contributed by atoms with E-state index in [4.69, 9.17) is 23.2 Å². The Bertz CT molecular complexity index is 529. The highest BCUT2D eigenvalue weighted by Gasteiger charge is 2.13. The highest BCUT2D eigenvalue weighted by Crippen LogP contribution is 2.27. The summed E-state index contributed by atoms with van der Waals surface area (Å²) >= 11 is 11.7. The van der Waals surface area contributed by atoms with Crippen LogP contribution in [-0.2, 0) is 0 Å². The largest absolute Gasteiger partial charge is 0.382 e. The molecule has 0 radical (unpaired) electrons. The van der Waals surface area contributed by atoms with Gasteiger partial charge in [0.1, 0.15) is 6.10 Å². The summed E-state index contributed by atoms with van der Waals surface area (Å²) in [5.74, 6) is 0. The van der Waals surface area contributed by atoms with Crippen LogP contribution in [0.15, 0.2) is 30.6 Å². The molecular weight excluding hydrogens is 259 g/mol. The van der Waals surface area contributed by atoms with Crippen molar-refractivity contribution in [2.45, 2.75) is 13.0 Å². The Balaban J connectivity index is 2.33. The van der Waals surface area contributed by atoms with Gasteiger partial charge in [0.2, 0.25) is 0 Å². The van der Waals surface area contributed by atoms with Crippen molar-refractivity contribution in [2.75, 3.05) is 0 Å². The fourth-order valence-electron chi connectivity index (χ4n) is 1.40. The van der Waals surface area contributed by atoms with Gasteiger partial charge in [0.25, 0.3) is 0 Å². The van der Waals surface area contributed by atoms with E-state index in [1.165, 1.54) is 0 Å². The fourth-order valence-corrected chi connectivity index (χ4v) is 1.70. The first-order valence-corrected chi connectivity index (χ1v) is 5.75. The molecule has 0 aliphatic rings. The van der Waals surface area contributed by atoms with Crippen LogP contribution >= 0.6 is 23.2 Å². The number of aliphatic hydroxyl groups is 1. The van der Waals surface area contributed by atoms with Gasteiger partial charge in [-0.2, -0.15) is 0 Å². The summed E-state index contributed by atoms with van der Waals surface area (Å²) in [6.45, 7) is 1.84. The van der Waals surface area contributed by atoms with Gasteiger partial charge in [0, 0.05) is 6.20 Å². The van der Waals surface area contributed by atoms with Crippen LogP contribution in [0.5, 0.6) is 0 Å². The average Bonchev–Trinajstić information content (AvgIpc) is 2.33. The van der Waals surface area contributed by atoms with Crippen molar-refractivity contribution < 1.29 is 5.11 Å². The molecule has 0 saturated heterocycles. The predicted molar refractivity (Wildman–Crippen MR) is 67.3 cm³/mol. The van der Waals surface area contributed by atoms with Crippen LogP contribution in [0.1, 0.15) is 23.1 Å². The number of halogens is 2. The third-order valence-electron chi connectivity index (χ3n) is 2.34. The van der Waals surface area contributed by atoms with Gasteiger partial charge < -0.3 is 5.11 Å². The second-order valence-corrected chi connectivity index (χ2v) is 4.47. The SMILES string of the molecule is Cc1cnc(C(O)c2ccc(Cl)c(Cl)c2)cn1. The second kappa shape index (κ2) is 5.00. The van der Waals surface area contributed by atoms with E-state index in [9.17, 15) is 5.11 Å². The first-order valence-electron chi connectivity index (χ1n) is 4.99. The minimum Gasteiger partial charge on any atom is -0.382 e. The molecule has 1 aromatic carbocycles. The molecule has 0 bridgehead atoms. The standard InChI is InChI=1S/C12H10Cl2N2O/c1-7-5-16-11(6-15-7)12(17)8-2-3-9(13)10(14)4-8/h2-6,12,17H,1H3. The third-order valence-corrected chi connectivity index (χ3v) is 3.08. The maximum Gasteiger partial charge on any atom is 0.123 e. The van der Waals surface area contributed by atoms with Crippen LogP contribution in [0.4, 0.5) is 0 Å². The smallest absolute Gasteiger partial charge is 0.123 e. The first-order chi connectivity index (χ1) is 8.08. The number of hydrogen-bond donors (Lipinski definition) is 1. The monoisotopic (exact) mass is 268 g/mol. The third kappa shape index (κ3) is 2.75. The van der Waals surface area contributed by atoms with Gasteiger partial charge in [0.15, 0.2) is 0 Å². The van der Waals surface area contributed by atoms with E-state index >= 15 is 0 Å². The Morgan fingerprint density at radius 1 is 1.12 bits per heavy atom. The molecule has 88 valence electrons. The van der Waals surface area contributed by atoms with E-state index in [2.05, 4.69) is 9.97 Å². The number of hydrogen-bond acceptors (Lipinski definition) is 3. The minimum atomic E-state index is -0.849. The Labute approximate surface area is 109 Å². The Hall–Kier alpha value is -1.16.